The van der Waals surface area contributed by atoms with Crippen molar-refractivity contribution in [1.29, 1.82) is 0 Å². The van der Waals surface area contributed by atoms with Gasteiger partial charge in [-0.3, -0.25) is 14.4 Å². The van der Waals surface area contributed by atoms with Gasteiger partial charge < -0.3 is 44.1 Å². The van der Waals surface area contributed by atoms with Crippen molar-refractivity contribution in [2.45, 2.75) is 138 Å². The topological polar surface area (TPSA) is 237 Å². The van der Waals surface area contributed by atoms with Crippen molar-refractivity contribution in [3.63, 3.8) is 0 Å². The molecule has 0 radical (unpaired) electrons. The number of carbonyl (C=O) groups excluding carboxylic acids is 3. The molecule has 0 saturated carbocycles. The Hall–Kier alpha value is -4.50. The highest BCUT2D eigenvalue weighted by Gasteiger charge is 2.29. The molecule has 3 amide bonds. The number of rotatable bonds is 32. The fourth-order valence-electron chi connectivity index (χ4n) is 6.03. The molecule has 378 valence electrons. The molecule has 0 unspecified atom stereocenters. The summed E-state index contributed by atoms with van der Waals surface area (Å²) in [6.07, 6.45) is 3.51. The predicted molar refractivity (Wildman–Crippen MR) is 253 cm³/mol. The number of aromatic nitrogens is 5. The fourth-order valence-corrected chi connectivity index (χ4v) is 6.45. The second-order valence-corrected chi connectivity index (χ2v) is 22.8. The first kappa shape index (κ1) is 56.8. The molecule has 0 aliphatic rings. The number of hydrogen-bond donors (Lipinski definition) is 3. The van der Waals surface area contributed by atoms with Crippen molar-refractivity contribution in [2.75, 3.05) is 65.6 Å². The van der Waals surface area contributed by atoms with Crippen LogP contribution in [0.1, 0.15) is 114 Å². The summed E-state index contributed by atoms with van der Waals surface area (Å²) in [5.41, 5.74) is -0.597. The van der Waals surface area contributed by atoms with Gasteiger partial charge in [0.25, 0.3) is 0 Å². The van der Waals surface area contributed by atoms with Crippen LogP contribution in [-0.2, 0) is 55.3 Å². The number of ether oxygens (including phenoxy) is 5. The summed E-state index contributed by atoms with van der Waals surface area (Å²) in [5.74, 6) is 0.530. The second kappa shape index (κ2) is 25.7. The smallest absolute Gasteiger partial charge is 0.335 e. The van der Waals surface area contributed by atoms with Gasteiger partial charge in [0.15, 0.2) is 0 Å². The van der Waals surface area contributed by atoms with Crippen molar-refractivity contribution in [1.82, 2.24) is 41.1 Å². The molecule has 1 atom stereocenters. The monoisotopic (exact) mass is 963 g/mol. The minimum atomic E-state index is -3.60. The van der Waals surface area contributed by atoms with E-state index in [-0.39, 0.29) is 66.9 Å². The Balaban J connectivity index is 1.46. The third-order valence-electron chi connectivity index (χ3n) is 10.2. The van der Waals surface area contributed by atoms with Gasteiger partial charge >= 0.3 is 5.22 Å². The molecule has 1 aromatic carbocycles. The maximum atomic E-state index is 13.5. The predicted octanol–water partition coefficient (Wildman–Crippen LogP) is 5.53. The third kappa shape index (κ3) is 22.0. The van der Waals surface area contributed by atoms with Crippen LogP contribution in [-0.4, -0.2) is 129 Å². The Morgan fingerprint density at radius 2 is 1.37 bits per heavy atom. The highest BCUT2D eigenvalue weighted by molar-refractivity contribution is 7.90. The largest absolute Gasteiger partial charge is 0.493 e. The highest BCUT2D eigenvalue weighted by Crippen LogP contribution is 2.25. The van der Waals surface area contributed by atoms with E-state index in [1.807, 2.05) is 55.4 Å². The first-order valence-electron chi connectivity index (χ1n) is 23.0. The molecule has 3 rings (SSSR count). The molecule has 19 nitrogen and oxygen atoms in total. The number of amides is 3. The number of benzene rings is 1. The third-order valence-corrected chi connectivity index (χ3v) is 11.0. The quantitative estimate of drug-likeness (QED) is 0.0652. The number of nitrogens with zero attached hydrogens (tertiary/aromatic N) is 5. The molecule has 3 N–H and O–H groups in total. The summed E-state index contributed by atoms with van der Waals surface area (Å²) in [6, 6.07) is 5.96. The van der Waals surface area contributed by atoms with Gasteiger partial charge in [0.05, 0.1) is 57.0 Å². The van der Waals surface area contributed by atoms with E-state index in [4.69, 9.17) is 28.1 Å². The van der Waals surface area contributed by atoms with Gasteiger partial charge in [-0.1, -0.05) is 65.7 Å². The van der Waals surface area contributed by atoms with Crippen LogP contribution in [0.4, 0.5) is 0 Å². The lowest BCUT2D eigenvalue weighted by atomic mass is 9.94. The maximum absolute atomic E-state index is 13.5. The Bertz CT molecular complexity index is 2100. The molecule has 0 saturated heterocycles. The van der Waals surface area contributed by atoms with Crippen molar-refractivity contribution in [3.05, 3.63) is 36.2 Å². The molecular formula is C47H78N8O11S. The summed E-state index contributed by atoms with van der Waals surface area (Å²) in [6.45, 7) is 28.1. The van der Waals surface area contributed by atoms with E-state index >= 15 is 0 Å². The average molecular weight is 963 g/mol. The molecule has 0 fully saturated rings. The zero-order chi connectivity index (χ0) is 50.1. The minimum absolute atomic E-state index is 0.0130. The lowest BCUT2D eigenvalue weighted by Gasteiger charge is -2.32. The second-order valence-electron chi connectivity index (χ2n) is 20.9. The Morgan fingerprint density at radius 1 is 0.761 bits per heavy atom. The maximum Gasteiger partial charge on any atom is 0.335 e. The van der Waals surface area contributed by atoms with Gasteiger partial charge in [-0.2, -0.15) is 0 Å². The van der Waals surface area contributed by atoms with E-state index in [0.717, 1.165) is 6.26 Å². The van der Waals surface area contributed by atoms with Crippen LogP contribution < -0.4 is 20.7 Å². The lowest BCUT2D eigenvalue weighted by Crippen LogP contribution is -2.49. The standard InChI is InChI=1S/C47H78N8O11S/c1-33(2)25-62-30-44(5,6)28-48-39(56)19-18-38(41(58)49-29-45(7,8)31-63-26-34(3)4)50-40(57)20-22-61-27-36-24-55(54-51-36)46(9,10)32-65-47(11,12)21-23-64-37-16-14-35(15-17-37)42-52-53-43(66-42)67(13,59)60/h14-17,24,33-34,38H,18-23,25-32H2,1-13H3,(H,48,56)(H,49,58)(H,50,57)/t38-/m0/s1. The lowest BCUT2D eigenvalue weighted by molar-refractivity contribution is -0.130. The van der Waals surface area contributed by atoms with E-state index in [1.165, 1.54) is 0 Å². The summed E-state index contributed by atoms with van der Waals surface area (Å²) < 4.78 is 60.0. The van der Waals surface area contributed by atoms with Gasteiger partial charge in [-0.25, -0.2) is 13.1 Å². The van der Waals surface area contributed by atoms with Crippen LogP contribution in [0.15, 0.2) is 40.1 Å². The number of carbonyl (C=O) groups is 3. The van der Waals surface area contributed by atoms with E-state index in [2.05, 4.69) is 64.2 Å². The number of nitrogens with one attached hydrogen (secondary N) is 3. The molecule has 3 aromatic rings. The van der Waals surface area contributed by atoms with Crippen LogP contribution in [0.2, 0.25) is 0 Å². The molecule has 0 bridgehead atoms. The molecule has 0 aliphatic heterocycles. The Labute approximate surface area is 397 Å². The number of hydrogen-bond acceptors (Lipinski definition) is 15. The van der Waals surface area contributed by atoms with E-state index < -0.39 is 32.2 Å². The zero-order valence-corrected chi connectivity index (χ0v) is 43.0. The Morgan fingerprint density at radius 3 is 1.96 bits per heavy atom. The first-order valence-corrected chi connectivity index (χ1v) is 24.9. The van der Waals surface area contributed by atoms with Gasteiger partial charge in [-0.15, -0.1) is 10.2 Å². The molecule has 2 heterocycles. The molecule has 0 aliphatic carbocycles. The van der Waals surface area contributed by atoms with Crippen LogP contribution in [0, 0.1) is 22.7 Å². The molecule has 20 heteroatoms. The summed E-state index contributed by atoms with van der Waals surface area (Å²) in [4.78, 5) is 39.6. The van der Waals surface area contributed by atoms with Crippen LogP contribution >= 0.6 is 0 Å². The molecule has 0 spiro atoms. The SMILES string of the molecule is CC(C)COCC(C)(C)CNC(=O)CC[C@H](NC(=O)CCOCc1cn(C(C)(C)COC(C)(C)CCOc2ccc(-c3nnc(S(C)(=O)=O)o3)cc2)nn1)C(=O)NCC(C)(C)COCC(C)C. The van der Waals surface area contributed by atoms with Crippen molar-refractivity contribution in [2.24, 2.45) is 22.7 Å². The van der Waals surface area contributed by atoms with E-state index in [1.54, 1.807) is 35.1 Å². The van der Waals surface area contributed by atoms with Crippen molar-refractivity contribution in [3.8, 4) is 17.2 Å². The average Bonchev–Trinajstić information content (AvgIpc) is 3.94. The van der Waals surface area contributed by atoms with Gasteiger partial charge in [0.1, 0.15) is 17.5 Å². The van der Waals surface area contributed by atoms with Gasteiger partial charge in [0.2, 0.25) is 33.4 Å². The molecular weight excluding hydrogens is 885 g/mol. The molecule has 67 heavy (non-hydrogen) atoms. The van der Waals surface area contributed by atoms with E-state index in [9.17, 15) is 22.8 Å². The zero-order valence-electron chi connectivity index (χ0n) is 42.2. The van der Waals surface area contributed by atoms with Gasteiger partial charge in [0, 0.05) is 68.2 Å². The van der Waals surface area contributed by atoms with Crippen molar-refractivity contribution >= 4 is 27.6 Å². The van der Waals surface area contributed by atoms with Crippen LogP contribution in [0.5, 0.6) is 5.75 Å². The van der Waals surface area contributed by atoms with Crippen LogP contribution in [0.25, 0.3) is 11.5 Å². The summed E-state index contributed by atoms with van der Waals surface area (Å²) >= 11 is 0. The normalized spacial score (nSPS) is 13.2. The Kier molecular flexibility index (Phi) is 21.8. The molecule has 2 aromatic heterocycles. The van der Waals surface area contributed by atoms with E-state index in [0.29, 0.717) is 88.0 Å². The van der Waals surface area contributed by atoms with Crippen LogP contribution in [0.3, 0.4) is 0 Å². The van der Waals surface area contributed by atoms with Gasteiger partial charge in [-0.05, 0) is 70.2 Å². The highest BCUT2D eigenvalue weighted by atomic mass is 32.2. The number of sulfone groups is 1. The first-order chi connectivity index (χ1) is 31.2. The summed E-state index contributed by atoms with van der Waals surface area (Å²) in [7, 11) is -3.60. The van der Waals surface area contributed by atoms with Crippen molar-refractivity contribution < 1.29 is 50.9 Å². The minimum Gasteiger partial charge on any atom is -0.493 e. The fraction of sp³-hybridized carbons (Fsp3) is 0.723. The summed E-state index contributed by atoms with van der Waals surface area (Å²) in [5, 5.41) is 24.3.